The summed E-state index contributed by atoms with van der Waals surface area (Å²) in [6.07, 6.45) is 8.61. The van der Waals surface area contributed by atoms with Crippen LogP contribution in [0.5, 0.6) is 0 Å². The number of hydrogen-bond acceptors (Lipinski definition) is 5. The van der Waals surface area contributed by atoms with Gasteiger partial charge in [0.25, 0.3) is 5.91 Å². The molecule has 5 atom stereocenters. The first-order chi connectivity index (χ1) is 16.6. The van der Waals surface area contributed by atoms with Gasteiger partial charge in [-0.05, 0) is 60.8 Å². The van der Waals surface area contributed by atoms with E-state index in [9.17, 15) is 9.90 Å². The van der Waals surface area contributed by atoms with Gasteiger partial charge in [-0.25, -0.2) is 4.98 Å². The van der Waals surface area contributed by atoms with Crippen LogP contribution in [0.2, 0.25) is 0 Å². The molecule has 3 N–H and O–H groups in total. The second-order valence-electron chi connectivity index (χ2n) is 11.3. The van der Waals surface area contributed by atoms with Crippen molar-refractivity contribution < 1.29 is 14.6 Å². The van der Waals surface area contributed by atoms with Crippen LogP contribution < -0.4 is 5.32 Å². The van der Waals surface area contributed by atoms with Crippen molar-refractivity contribution in [1.82, 2.24) is 9.97 Å². The molecule has 2 bridgehead atoms. The number of rotatable bonds is 4. The Morgan fingerprint density at radius 2 is 1.97 bits per heavy atom. The number of benzene rings is 1. The van der Waals surface area contributed by atoms with E-state index in [0.29, 0.717) is 5.69 Å². The normalized spacial score (nSPS) is 31.5. The summed E-state index contributed by atoms with van der Waals surface area (Å²) in [5, 5.41) is 24.2. The van der Waals surface area contributed by atoms with E-state index in [2.05, 4.69) is 55.1 Å². The van der Waals surface area contributed by atoms with Gasteiger partial charge in [-0.2, -0.15) is 5.26 Å². The highest BCUT2D eigenvalue weighted by molar-refractivity contribution is 6.03. The quantitative estimate of drug-likeness (QED) is 0.568. The summed E-state index contributed by atoms with van der Waals surface area (Å²) in [5.41, 5.74) is 3.15. The molecule has 7 heteroatoms. The van der Waals surface area contributed by atoms with Gasteiger partial charge in [0.05, 0.1) is 24.0 Å². The van der Waals surface area contributed by atoms with E-state index in [4.69, 9.17) is 10.00 Å². The van der Waals surface area contributed by atoms with Crippen LogP contribution in [-0.4, -0.2) is 33.2 Å². The molecule has 184 valence electrons. The molecule has 1 aromatic carbocycles. The maximum atomic E-state index is 12.9. The van der Waals surface area contributed by atoms with E-state index in [1.165, 1.54) is 11.8 Å². The lowest BCUT2D eigenvalue weighted by Crippen LogP contribution is -2.52. The summed E-state index contributed by atoms with van der Waals surface area (Å²) in [4.78, 5) is 19.7. The highest BCUT2D eigenvalue weighted by Crippen LogP contribution is 2.52. The van der Waals surface area contributed by atoms with Crippen LogP contribution >= 0.6 is 0 Å². The van der Waals surface area contributed by atoms with Gasteiger partial charge in [0.2, 0.25) is 0 Å². The Hall–Kier alpha value is -2.95. The van der Waals surface area contributed by atoms with Crippen LogP contribution in [0.4, 0.5) is 5.69 Å². The van der Waals surface area contributed by atoms with Crippen molar-refractivity contribution >= 4 is 17.2 Å². The number of aromatic nitrogens is 2. The van der Waals surface area contributed by atoms with Crippen LogP contribution in [0.3, 0.4) is 0 Å². The Morgan fingerprint density at radius 1 is 1.26 bits per heavy atom. The molecule has 2 fully saturated rings. The highest BCUT2D eigenvalue weighted by Gasteiger charge is 2.55. The topological polar surface area (TPSA) is 111 Å². The summed E-state index contributed by atoms with van der Waals surface area (Å²) in [6.45, 7) is 8.72. The molecule has 7 nitrogen and oxygen atoms in total. The monoisotopic (exact) mass is 474 g/mol. The SMILES string of the molecule is CC1C2CCC(O2)[C@H](C)C1(O)c1ccc(NC(=O)c2ncc(C#N)[nH]2)c(C2=CCC(C)(C)CC2)c1. The van der Waals surface area contributed by atoms with Gasteiger partial charge in [0, 0.05) is 23.1 Å². The van der Waals surface area contributed by atoms with Crippen molar-refractivity contribution in [3.63, 3.8) is 0 Å². The molecule has 5 rings (SSSR count). The Kier molecular flexibility index (Phi) is 5.85. The molecule has 1 aromatic heterocycles. The van der Waals surface area contributed by atoms with Gasteiger partial charge in [-0.1, -0.05) is 39.8 Å². The summed E-state index contributed by atoms with van der Waals surface area (Å²) in [5.74, 6) is -0.369. The third kappa shape index (κ3) is 4.09. The number of ether oxygens (including phenoxy) is 1. The molecular formula is C28H34N4O3. The predicted octanol–water partition coefficient (Wildman–Crippen LogP) is 5.15. The number of nitriles is 1. The predicted molar refractivity (Wildman–Crippen MR) is 133 cm³/mol. The smallest absolute Gasteiger partial charge is 0.291 e. The van der Waals surface area contributed by atoms with Gasteiger partial charge in [-0.3, -0.25) is 4.79 Å². The van der Waals surface area contributed by atoms with E-state index in [1.807, 2.05) is 18.2 Å². The summed E-state index contributed by atoms with van der Waals surface area (Å²) < 4.78 is 6.18. The number of imidazole rings is 1. The Morgan fingerprint density at radius 3 is 2.57 bits per heavy atom. The fourth-order valence-electron chi connectivity index (χ4n) is 6.10. The van der Waals surface area contributed by atoms with E-state index >= 15 is 0 Å². The van der Waals surface area contributed by atoms with Gasteiger partial charge in [-0.15, -0.1) is 0 Å². The number of carbonyl (C=O) groups excluding carboxylic acids is 1. The van der Waals surface area contributed by atoms with Crippen LogP contribution in [-0.2, 0) is 10.3 Å². The van der Waals surface area contributed by atoms with Crippen molar-refractivity contribution in [1.29, 1.82) is 5.26 Å². The second kappa shape index (κ2) is 8.61. The van der Waals surface area contributed by atoms with E-state index in [-0.39, 0.29) is 41.0 Å². The lowest BCUT2D eigenvalue weighted by molar-refractivity contribution is -0.194. The van der Waals surface area contributed by atoms with Gasteiger partial charge >= 0.3 is 0 Å². The zero-order chi connectivity index (χ0) is 25.0. The maximum Gasteiger partial charge on any atom is 0.291 e. The number of aromatic amines is 1. The Balaban J connectivity index is 1.54. The summed E-state index contributed by atoms with van der Waals surface area (Å²) in [6, 6.07) is 7.86. The van der Waals surface area contributed by atoms with Crippen molar-refractivity contribution in [2.45, 2.75) is 77.6 Å². The molecular weight excluding hydrogens is 440 g/mol. The first-order valence-electron chi connectivity index (χ1n) is 12.6. The third-order valence-corrected chi connectivity index (χ3v) is 8.55. The number of amides is 1. The average molecular weight is 475 g/mol. The Labute approximate surface area is 206 Å². The molecule has 35 heavy (non-hydrogen) atoms. The standard InChI is InChI=1S/C28H34N4O3/c1-16-23-7-8-24(35-23)17(2)28(16,34)19-5-6-22(32-26(33)25-30-15-20(14-29)31-25)21(13-19)18-9-11-27(3,4)12-10-18/h5-6,9,13,15-17,23-24,34H,7-8,10-12H2,1-4H3,(H,30,31)(H,32,33)/t16-,17?,23?,24?,28?/m0/s1. The van der Waals surface area contributed by atoms with Crippen LogP contribution in [0.1, 0.15) is 87.2 Å². The van der Waals surface area contributed by atoms with Crippen molar-refractivity contribution in [2.24, 2.45) is 17.3 Å². The third-order valence-electron chi connectivity index (χ3n) is 8.55. The molecule has 3 aliphatic rings. The number of hydrogen-bond donors (Lipinski definition) is 3. The van der Waals surface area contributed by atoms with E-state index < -0.39 is 11.5 Å². The molecule has 2 saturated heterocycles. The molecule has 0 saturated carbocycles. The van der Waals surface area contributed by atoms with E-state index in [0.717, 1.165) is 43.2 Å². The molecule has 4 unspecified atom stereocenters. The summed E-state index contributed by atoms with van der Waals surface area (Å²) >= 11 is 0. The largest absolute Gasteiger partial charge is 0.384 e. The van der Waals surface area contributed by atoms with E-state index in [1.54, 1.807) is 0 Å². The number of H-pyrrole nitrogens is 1. The fourth-order valence-corrected chi connectivity index (χ4v) is 6.10. The first kappa shape index (κ1) is 23.8. The van der Waals surface area contributed by atoms with Crippen LogP contribution in [0, 0.1) is 28.6 Å². The molecule has 1 amide bonds. The van der Waals surface area contributed by atoms with Gasteiger partial charge in [0.1, 0.15) is 11.8 Å². The number of nitrogens with one attached hydrogen (secondary N) is 2. The van der Waals surface area contributed by atoms with Crippen molar-refractivity contribution in [2.75, 3.05) is 5.32 Å². The number of allylic oxidation sites excluding steroid dienone is 2. The van der Waals surface area contributed by atoms with Crippen molar-refractivity contribution in [3.8, 4) is 6.07 Å². The van der Waals surface area contributed by atoms with Crippen LogP contribution in [0.15, 0.2) is 30.5 Å². The second-order valence-corrected chi connectivity index (χ2v) is 11.3. The molecule has 1 aliphatic carbocycles. The molecule has 2 aliphatic heterocycles. The van der Waals surface area contributed by atoms with Crippen LogP contribution in [0.25, 0.3) is 5.57 Å². The molecule has 3 heterocycles. The molecule has 0 spiro atoms. The number of fused-ring (bicyclic) bond motifs is 2. The average Bonchev–Trinajstić information content (AvgIpc) is 3.51. The zero-order valence-electron chi connectivity index (χ0n) is 20.9. The van der Waals surface area contributed by atoms with Crippen molar-refractivity contribution in [3.05, 3.63) is 53.1 Å². The lowest BCUT2D eigenvalue weighted by Gasteiger charge is -2.47. The first-order valence-corrected chi connectivity index (χ1v) is 12.6. The number of carbonyl (C=O) groups is 1. The number of aliphatic hydroxyl groups is 1. The molecule has 0 radical (unpaired) electrons. The minimum absolute atomic E-state index is 0.0312. The number of anilines is 1. The highest BCUT2D eigenvalue weighted by atomic mass is 16.5. The summed E-state index contributed by atoms with van der Waals surface area (Å²) in [7, 11) is 0. The maximum absolute atomic E-state index is 12.9. The fraction of sp³-hybridized carbons (Fsp3) is 0.536. The van der Waals surface area contributed by atoms with Gasteiger partial charge < -0.3 is 20.1 Å². The Bertz CT molecular complexity index is 1210. The number of nitrogens with zero attached hydrogens (tertiary/aromatic N) is 2. The minimum atomic E-state index is -1.00. The minimum Gasteiger partial charge on any atom is -0.384 e. The molecule has 2 aromatic rings. The van der Waals surface area contributed by atoms with Gasteiger partial charge in [0.15, 0.2) is 5.82 Å². The lowest BCUT2D eigenvalue weighted by atomic mass is 9.69. The zero-order valence-corrected chi connectivity index (χ0v) is 20.9.